The van der Waals surface area contributed by atoms with E-state index in [9.17, 15) is 9.59 Å². The number of ketones is 1. The predicted molar refractivity (Wildman–Crippen MR) is 55.2 cm³/mol. The zero-order chi connectivity index (χ0) is 11.4. The quantitative estimate of drug-likeness (QED) is 0.506. The monoisotopic (exact) mass is 212 g/mol. The molecule has 0 aromatic heterocycles. The summed E-state index contributed by atoms with van der Waals surface area (Å²) in [7, 11) is 5.11. The molecule has 1 aliphatic rings. The molecule has 0 aromatic rings. The normalized spacial score (nSPS) is 23.4. The van der Waals surface area contributed by atoms with Gasteiger partial charge in [0, 0.05) is 34.0 Å². The minimum atomic E-state index is -0.427. The lowest BCUT2D eigenvalue weighted by molar-refractivity contribution is -0.117. The van der Waals surface area contributed by atoms with Crippen LogP contribution >= 0.6 is 0 Å². The summed E-state index contributed by atoms with van der Waals surface area (Å²) < 4.78 is 4.87. The summed E-state index contributed by atoms with van der Waals surface area (Å²) in [4.78, 5) is 24.8. The molecule has 0 saturated carbocycles. The Kier molecular flexibility index (Phi) is 3.85. The van der Waals surface area contributed by atoms with Crippen LogP contribution in [0.15, 0.2) is 11.8 Å². The highest BCUT2D eigenvalue weighted by Gasteiger charge is 2.35. The first-order valence-corrected chi connectivity index (χ1v) is 4.78. The van der Waals surface area contributed by atoms with E-state index < -0.39 is 6.04 Å². The third kappa shape index (κ3) is 2.79. The maximum absolute atomic E-state index is 11.7. The molecule has 0 aliphatic carbocycles. The Morgan fingerprint density at radius 2 is 2.13 bits per heavy atom. The Morgan fingerprint density at radius 1 is 1.47 bits per heavy atom. The molecular formula is C10H16N2O3. The summed E-state index contributed by atoms with van der Waals surface area (Å²) in [6, 6.07) is -0.427. The molecule has 1 N–H and O–H groups in total. The van der Waals surface area contributed by atoms with E-state index in [4.69, 9.17) is 4.74 Å². The Bertz CT molecular complexity index is 297. The van der Waals surface area contributed by atoms with Gasteiger partial charge in [0.25, 0.3) is 5.91 Å². The van der Waals surface area contributed by atoms with Gasteiger partial charge in [0.05, 0.1) is 6.04 Å². The van der Waals surface area contributed by atoms with Gasteiger partial charge in [-0.05, 0) is 6.42 Å². The highest BCUT2D eigenvalue weighted by atomic mass is 16.5. The van der Waals surface area contributed by atoms with Crippen molar-refractivity contribution in [2.24, 2.45) is 0 Å². The molecule has 84 valence electrons. The molecular weight excluding hydrogens is 196 g/mol. The summed E-state index contributed by atoms with van der Waals surface area (Å²) in [5.41, 5.74) is 0.223. The number of nitrogens with one attached hydrogen (secondary N) is 1. The summed E-state index contributed by atoms with van der Waals surface area (Å²) in [6.07, 6.45) is 2.07. The molecule has 1 rings (SSSR count). The molecule has 0 radical (unpaired) electrons. The first-order valence-electron chi connectivity index (χ1n) is 4.78. The van der Waals surface area contributed by atoms with Crippen LogP contribution < -0.4 is 5.32 Å². The first kappa shape index (κ1) is 11.7. The van der Waals surface area contributed by atoms with Crippen LogP contribution in [0.1, 0.15) is 6.42 Å². The van der Waals surface area contributed by atoms with Crippen molar-refractivity contribution < 1.29 is 14.3 Å². The summed E-state index contributed by atoms with van der Waals surface area (Å²) in [5.74, 6) is -0.444. The number of hydrogen-bond acceptors (Lipinski definition) is 4. The zero-order valence-corrected chi connectivity index (χ0v) is 9.24. The third-order valence-electron chi connectivity index (χ3n) is 2.13. The van der Waals surface area contributed by atoms with Crippen LogP contribution in [-0.4, -0.2) is 50.4 Å². The van der Waals surface area contributed by atoms with Crippen molar-refractivity contribution >= 4 is 11.7 Å². The number of hydrogen-bond donors (Lipinski definition) is 1. The van der Waals surface area contributed by atoms with Gasteiger partial charge >= 0.3 is 0 Å². The van der Waals surface area contributed by atoms with Gasteiger partial charge in [0.15, 0.2) is 5.78 Å². The Balaban J connectivity index is 2.70. The van der Waals surface area contributed by atoms with Gasteiger partial charge in [-0.3, -0.25) is 9.59 Å². The first-order chi connectivity index (χ1) is 7.06. The van der Waals surface area contributed by atoms with Crippen molar-refractivity contribution in [3.05, 3.63) is 11.8 Å². The highest BCUT2D eigenvalue weighted by Crippen LogP contribution is 2.13. The lowest BCUT2D eigenvalue weighted by Gasteiger charge is -2.06. The molecule has 0 bridgehead atoms. The maximum Gasteiger partial charge on any atom is 0.257 e. The van der Waals surface area contributed by atoms with Crippen molar-refractivity contribution in [3.63, 3.8) is 0 Å². The maximum atomic E-state index is 11.7. The topological polar surface area (TPSA) is 58.6 Å². The van der Waals surface area contributed by atoms with E-state index >= 15 is 0 Å². The van der Waals surface area contributed by atoms with Gasteiger partial charge < -0.3 is 15.0 Å². The van der Waals surface area contributed by atoms with Gasteiger partial charge in [-0.15, -0.1) is 0 Å². The van der Waals surface area contributed by atoms with Crippen LogP contribution in [-0.2, 0) is 14.3 Å². The van der Waals surface area contributed by atoms with E-state index in [0.717, 1.165) is 0 Å². The zero-order valence-electron chi connectivity index (χ0n) is 9.24. The fraction of sp³-hybridized carbons (Fsp3) is 0.600. The van der Waals surface area contributed by atoms with Crippen molar-refractivity contribution in [3.8, 4) is 0 Å². The largest absolute Gasteiger partial charge is 0.385 e. The van der Waals surface area contributed by atoms with E-state index in [-0.39, 0.29) is 17.3 Å². The van der Waals surface area contributed by atoms with Gasteiger partial charge in [-0.2, -0.15) is 0 Å². The smallest absolute Gasteiger partial charge is 0.257 e. The third-order valence-corrected chi connectivity index (χ3v) is 2.13. The second-order valence-corrected chi connectivity index (χ2v) is 3.68. The molecule has 5 nitrogen and oxygen atoms in total. The minimum absolute atomic E-state index is 0.147. The van der Waals surface area contributed by atoms with Crippen molar-refractivity contribution in [2.75, 3.05) is 27.8 Å². The van der Waals surface area contributed by atoms with Crippen molar-refractivity contribution in [1.82, 2.24) is 10.2 Å². The van der Waals surface area contributed by atoms with E-state index in [0.29, 0.717) is 13.0 Å². The fourth-order valence-corrected chi connectivity index (χ4v) is 1.42. The molecule has 1 amide bonds. The van der Waals surface area contributed by atoms with Crippen LogP contribution in [0.25, 0.3) is 0 Å². The molecule has 0 aromatic carbocycles. The second kappa shape index (κ2) is 4.93. The van der Waals surface area contributed by atoms with E-state index in [1.54, 1.807) is 32.3 Å². The number of amides is 1. The molecule has 1 heterocycles. The summed E-state index contributed by atoms with van der Waals surface area (Å²) >= 11 is 0. The van der Waals surface area contributed by atoms with Crippen LogP contribution in [0.3, 0.4) is 0 Å². The van der Waals surface area contributed by atoms with Gasteiger partial charge in [0.2, 0.25) is 0 Å². The standard InChI is InChI=1S/C10H16N2O3/c1-12(2)6-7-9(13)8(4-5-15-3)11-10(7)14/h6,8H,4-5H2,1-3H3,(H,11,14)/b7-6-. The number of carbonyl (C=O) groups excluding carboxylic acids is 2. The predicted octanol–water partition coefficient (Wildman–Crippen LogP) is -0.464. The lowest BCUT2D eigenvalue weighted by Crippen LogP contribution is -2.30. The number of carbonyl (C=O) groups is 2. The molecule has 15 heavy (non-hydrogen) atoms. The number of Topliss-reactive ketones (excluding diaryl/α,β-unsaturated/α-hetero) is 1. The van der Waals surface area contributed by atoms with Crippen LogP contribution in [0.4, 0.5) is 0 Å². The Labute approximate surface area is 89.1 Å². The van der Waals surface area contributed by atoms with Crippen LogP contribution in [0, 0.1) is 0 Å². The summed E-state index contributed by atoms with van der Waals surface area (Å²) in [5, 5.41) is 2.63. The molecule has 0 spiro atoms. The van der Waals surface area contributed by atoms with Gasteiger partial charge in [0.1, 0.15) is 5.57 Å². The highest BCUT2D eigenvalue weighted by molar-refractivity contribution is 6.26. The molecule has 1 saturated heterocycles. The van der Waals surface area contributed by atoms with Crippen LogP contribution in [0.2, 0.25) is 0 Å². The average molecular weight is 212 g/mol. The second-order valence-electron chi connectivity index (χ2n) is 3.68. The van der Waals surface area contributed by atoms with Gasteiger partial charge in [-0.1, -0.05) is 0 Å². The van der Waals surface area contributed by atoms with Crippen molar-refractivity contribution in [1.29, 1.82) is 0 Å². The number of rotatable bonds is 4. The molecule has 5 heteroatoms. The molecule has 1 aliphatic heterocycles. The van der Waals surface area contributed by atoms with E-state index in [2.05, 4.69) is 5.32 Å². The van der Waals surface area contributed by atoms with Crippen molar-refractivity contribution in [2.45, 2.75) is 12.5 Å². The van der Waals surface area contributed by atoms with E-state index in [1.165, 1.54) is 0 Å². The fourth-order valence-electron chi connectivity index (χ4n) is 1.42. The Hall–Kier alpha value is -1.36. The molecule has 1 atom stereocenters. The number of nitrogens with zero attached hydrogens (tertiary/aromatic N) is 1. The lowest BCUT2D eigenvalue weighted by atomic mass is 10.1. The molecule has 1 unspecified atom stereocenters. The SMILES string of the molecule is COCCC1NC(=O)/C(=C\N(C)C)C1=O. The summed E-state index contributed by atoms with van der Waals surface area (Å²) in [6.45, 7) is 0.464. The van der Waals surface area contributed by atoms with E-state index in [1.807, 2.05) is 0 Å². The molecule has 1 fully saturated rings. The Morgan fingerprint density at radius 3 is 2.67 bits per heavy atom. The average Bonchev–Trinajstić information content (AvgIpc) is 2.42. The minimum Gasteiger partial charge on any atom is -0.385 e. The van der Waals surface area contributed by atoms with Crippen LogP contribution in [0.5, 0.6) is 0 Å². The number of ether oxygens (including phenoxy) is 1. The van der Waals surface area contributed by atoms with Gasteiger partial charge in [-0.25, -0.2) is 0 Å². The number of methoxy groups -OCH3 is 1.